The topological polar surface area (TPSA) is 43.9 Å². The van der Waals surface area contributed by atoms with Crippen molar-refractivity contribution in [1.29, 1.82) is 0 Å². The van der Waals surface area contributed by atoms with E-state index in [0.717, 1.165) is 36.8 Å². The van der Waals surface area contributed by atoms with Crippen molar-refractivity contribution in [2.75, 3.05) is 45.8 Å². The average molecular weight is 366 g/mol. The molecule has 0 atom stereocenters. The number of hydrogen-bond acceptors (Lipinski definition) is 3. The Hall–Kier alpha value is -1.59. The van der Waals surface area contributed by atoms with Gasteiger partial charge in [-0.05, 0) is 31.9 Å². The Morgan fingerprint density at radius 1 is 1.08 bits per heavy atom. The zero-order valence-electron chi connectivity index (χ0n) is 15.2. The second kappa shape index (κ2) is 9.78. The van der Waals surface area contributed by atoms with Gasteiger partial charge in [-0.2, -0.15) is 0 Å². The molecule has 0 unspecified atom stereocenters. The van der Waals surface area contributed by atoms with Crippen LogP contribution in [0.2, 0.25) is 5.02 Å². The summed E-state index contributed by atoms with van der Waals surface area (Å²) in [7, 11) is 0. The van der Waals surface area contributed by atoms with Crippen molar-refractivity contribution in [3.63, 3.8) is 0 Å². The fourth-order valence-corrected chi connectivity index (χ4v) is 3.35. The van der Waals surface area contributed by atoms with Crippen LogP contribution in [0.5, 0.6) is 0 Å². The van der Waals surface area contributed by atoms with Crippen molar-refractivity contribution < 1.29 is 9.59 Å². The first-order valence-electron chi connectivity index (χ1n) is 9.06. The number of aryl methyl sites for hydroxylation is 1. The lowest BCUT2D eigenvalue weighted by molar-refractivity contribution is -0.135. The second-order valence-electron chi connectivity index (χ2n) is 6.31. The molecule has 0 aliphatic carbocycles. The van der Waals surface area contributed by atoms with Crippen molar-refractivity contribution in [2.45, 2.75) is 26.7 Å². The molecule has 0 radical (unpaired) electrons. The maximum Gasteiger partial charge on any atom is 0.236 e. The van der Waals surface area contributed by atoms with Gasteiger partial charge in [0.2, 0.25) is 11.8 Å². The van der Waals surface area contributed by atoms with Gasteiger partial charge in [-0.3, -0.25) is 14.5 Å². The van der Waals surface area contributed by atoms with Crippen LogP contribution in [0.25, 0.3) is 0 Å². The third kappa shape index (κ3) is 5.72. The molecule has 1 aromatic rings. The van der Waals surface area contributed by atoms with Crippen LogP contribution >= 0.6 is 11.6 Å². The lowest BCUT2D eigenvalue weighted by Gasteiger charge is -2.35. The molecule has 1 aromatic carbocycles. The Labute approximate surface area is 155 Å². The number of amides is 2. The van der Waals surface area contributed by atoms with E-state index in [1.54, 1.807) is 0 Å². The number of piperazine rings is 1. The smallest absolute Gasteiger partial charge is 0.236 e. The van der Waals surface area contributed by atoms with Gasteiger partial charge in [0.15, 0.2) is 0 Å². The van der Waals surface area contributed by atoms with E-state index >= 15 is 0 Å². The number of carbonyl (C=O) groups is 2. The highest BCUT2D eigenvalue weighted by atomic mass is 35.5. The minimum atomic E-state index is 0.162. The second-order valence-corrected chi connectivity index (χ2v) is 6.72. The summed E-state index contributed by atoms with van der Waals surface area (Å²) in [6, 6.07) is 7.66. The van der Waals surface area contributed by atoms with Gasteiger partial charge in [0, 0.05) is 50.7 Å². The summed E-state index contributed by atoms with van der Waals surface area (Å²) in [6.45, 7) is 8.82. The van der Waals surface area contributed by atoms with Crippen molar-refractivity contribution in [2.24, 2.45) is 0 Å². The first-order valence-corrected chi connectivity index (χ1v) is 9.44. The van der Waals surface area contributed by atoms with Crippen molar-refractivity contribution in [1.82, 2.24) is 14.7 Å². The molecule has 0 bridgehead atoms. The van der Waals surface area contributed by atoms with E-state index in [1.807, 2.05) is 47.9 Å². The highest BCUT2D eigenvalue weighted by Crippen LogP contribution is 2.17. The molecule has 1 fully saturated rings. The number of carbonyl (C=O) groups excluding carboxylic acids is 2. The normalized spacial score (nSPS) is 15.2. The fraction of sp³-hybridized carbons (Fsp3) is 0.579. The number of nitrogens with zero attached hydrogens (tertiary/aromatic N) is 3. The summed E-state index contributed by atoms with van der Waals surface area (Å²) in [4.78, 5) is 30.5. The third-order valence-corrected chi connectivity index (χ3v) is 5.13. The van der Waals surface area contributed by atoms with E-state index in [1.165, 1.54) is 0 Å². The van der Waals surface area contributed by atoms with Crippen LogP contribution in [0.1, 0.15) is 25.8 Å². The minimum Gasteiger partial charge on any atom is -0.342 e. The Kier molecular flexibility index (Phi) is 7.72. The molecule has 0 aromatic heterocycles. The lowest BCUT2D eigenvalue weighted by atomic mass is 10.1. The van der Waals surface area contributed by atoms with Gasteiger partial charge < -0.3 is 9.80 Å². The summed E-state index contributed by atoms with van der Waals surface area (Å²) in [5, 5.41) is 0.718. The van der Waals surface area contributed by atoms with Crippen molar-refractivity contribution in [3.05, 3.63) is 34.9 Å². The molecule has 0 spiro atoms. The average Bonchev–Trinajstić information content (AvgIpc) is 2.62. The minimum absolute atomic E-state index is 0.162. The Morgan fingerprint density at radius 2 is 1.72 bits per heavy atom. The van der Waals surface area contributed by atoms with Crippen LogP contribution in [0, 0.1) is 0 Å². The Balaban J connectivity index is 1.75. The summed E-state index contributed by atoms with van der Waals surface area (Å²) >= 11 is 6.14. The molecule has 5 nitrogen and oxygen atoms in total. The van der Waals surface area contributed by atoms with Gasteiger partial charge in [-0.25, -0.2) is 0 Å². The standard InChI is InChI=1S/C19H28ClN3O2/c1-3-22(4-2)19(25)15-21-11-13-23(14-12-21)18(24)10-9-16-7-5-6-8-17(16)20/h5-8H,3-4,9-15H2,1-2H3. The monoisotopic (exact) mass is 365 g/mol. The van der Waals surface area contributed by atoms with Gasteiger partial charge in [-0.1, -0.05) is 29.8 Å². The van der Waals surface area contributed by atoms with Crippen LogP contribution in [0.15, 0.2) is 24.3 Å². The van der Waals surface area contributed by atoms with E-state index in [0.29, 0.717) is 32.5 Å². The van der Waals surface area contributed by atoms with Crippen LogP contribution < -0.4 is 0 Å². The summed E-state index contributed by atoms with van der Waals surface area (Å²) in [6.07, 6.45) is 1.14. The van der Waals surface area contributed by atoms with Crippen LogP contribution in [0.4, 0.5) is 0 Å². The van der Waals surface area contributed by atoms with Crippen molar-refractivity contribution >= 4 is 23.4 Å². The quantitative estimate of drug-likeness (QED) is 0.744. The molecule has 1 aliphatic heterocycles. The van der Waals surface area contributed by atoms with Gasteiger partial charge in [-0.15, -0.1) is 0 Å². The molecule has 138 valence electrons. The lowest BCUT2D eigenvalue weighted by Crippen LogP contribution is -2.51. The SMILES string of the molecule is CCN(CC)C(=O)CN1CCN(C(=O)CCc2ccccc2Cl)CC1. The van der Waals surface area contributed by atoms with Gasteiger partial charge in [0.05, 0.1) is 6.54 Å². The summed E-state index contributed by atoms with van der Waals surface area (Å²) in [5.74, 6) is 0.332. The first kappa shape index (κ1) is 19.7. The fourth-order valence-electron chi connectivity index (χ4n) is 3.12. The van der Waals surface area contributed by atoms with E-state index in [-0.39, 0.29) is 11.8 Å². The van der Waals surface area contributed by atoms with E-state index in [4.69, 9.17) is 11.6 Å². The number of rotatable bonds is 7. The third-order valence-electron chi connectivity index (χ3n) is 4.77. The maximum absolute atomic E-state index is 12.4. The molecule has 2 rings (SSSR count). The zero-order valence-corrected chi connectivity index (χ0v) is 16.0. The number of likely N-dealkylation sites (N-methyl/N-ethyl adjacent to an activating group) is 1. The molecular formula is C19H28ClN3O2. The summed E-state index contributed by atoms with van der Waals surface area (Å²) in [5.41, 5.74) is 1.01. The molecule has 25 heavy (non-hydrogen) atoms. The van der Waals surface area contributed by atoms with Gasteiger partial charge >= 0.3 is 0 Å². The summed E-state index contributed by atoms with van der Waals surface area (Å²) < 4.78 is 0. The number of hydrogen-bond donors (Lipinski definition) is 0. The predicted molar refractivity (Wildman–Crippen MR) is 101 cm³/mol. The van der Waals surface area contributed by atoms with Crippen molar-refractivity contribution in [3.8, 4) is 0 Å². The molecule has 0 N–H and O–H groups in total. The molecule has 1 saturated heterocycles. The maximum atomic E-state index is 12.4. The molecular weight excluding hydrogens is 338 g/mol. The zero-order chi connectivity index (χ0) is 18.2. The number of benzene rings is 1. The van der Waals surface area contributed by atoms with Gasteiger partial charge in [0.1, 0.15) is 0 Å². The molecule has 0 saturated carbocycles. The highest BCUT2D eigenvalue weighted by Gasteiger charge is 2.23. The molecule has 1 aliphatic rings. The van der Waals surface area contributed by atoms with Gasteiger partial charge in [0.25, 0.3) is 0 Å². The molecule has 1 heterocycles. The van der Waals surface area contributed by atoms with Crippen LogP contribution in [0.3, 0.4) is 0 Å². The highest BCUT2D eigenvalue weighted by molar-refractivity contribution is 6.31. The molecule has 6 heteroatoms. The Morgan fingerprint density at radius 3 is 2.32 bits per heavy atom. The first-order chi connectivity index (χ1) is 12.0. The number of halogens is 1. The largest absolute Gasteiger partial charge is 0.342 e. The predicted octanol–water partition coefficient (Wildman–Crippen LogP) is 2.29. The van der Waals surface area contributed by atoms with E-state index in [9.17, 15) is 9.59 Å². The van der Waals surface area contributed by atoms with Crippen LogP contribution in [-0.2, 0) is 16.0 Å². The van der Waals surface area contributed by atoms with E-state index < -0.39 is 0 Å². The van der Waals surface area contributed by atoms with Crippen LogP contribution in [-0.4, -0.2) is 72.3 Å². The van der Waals surface area contributed by atoms with E-state index in [2.05, 4.69) is 4.90 Å². The Bertz CT molecular complexity index is 582. The molecule has 2 amide bonds.